The first-order chi connectivity index (χ1) is 9.38. The fourth-order valence-corrected chi connectivity index (χ4v) is 3.46. The van der Waals surface area contributed by atoms with Crippen molar-refractivity contribution in [3.63, 3.8) is 0 Å². The van der Waals surface area contributed by atoms with E-state index < -0.39 is 5.97 Å². The minimum Gasteiger partial charge on any atom is -0.485 e. The number of nitrogens with zero attached hydrogens (tertiary/aromatic N) is 1. The number of aromatic carboxylic acids is 1. The quantitative estimate of drug-likeness (QED) is 0.898. The molecule has 6 heteroatoms. The highest BCUT2D eigenvalue weighted by Gasteiger charge is 2.18. The lowest BCUT2D eigenvalue weighted by Crippen LogP contribution is -1.99. The van der Waals surface area contributed by atoms with E-state index in [1.165, 1.54) is 11.3 Å². The lowest BCUT2D eigenvalue weighted by Gasteiger charge is -2.02. The molecule has 2 aromatic rings. The number of carboxylic acids is 1. The van der Waals surface area contributed by atoms with Crippen molar-refractivity contribution in [1.82, 2.24) is 4.98 Å². The monoisotopic (exact) mass is 311 g/mol. The fraction of sp³-hybridized carbons (Fsp3) is 0.429. The molecule has 1 N–H and O–H groups in total. The molecule has 0 aliphatic carbocycles. The summed E-state index contributed by atoms with van der Waals surface area (Å²) in [5, 5.41) is 10.1. The van der Waals surface area contributed by atoms with E-state index in [4.69, 9.17) is 4.74 Å². The molecule has 0 saturated heterocycles. The van der Waals surface area contributed by atoms with Gasteiger partial charge in [0.05, 0.1) is 5.69 Å². The SMILES string of the molecule is Cc1nc(COc2cc(C(C)C)sc2C(=O)O)sc1C. The molecule has 20 heavy (non-hydrogen) atoms. The molecular weight excluding hydrogens is 294 g/mol. The van der Waals surface area contributed by atoms with Gasteiger partial charge in [-0.3, -0.25) is 0 Å². The number of rotatable bonds is 5. The maximum absolute atomic E-state index is 11.2. The average Bonchev–Trinajstić information content (AvgIpc) is 2.91. The molecule has 0 spiro atoms. The highest BCUT2D eigenvalue weighted by atomic mass is 32.1. The Bertz CT molecular complexity index is 609. The fourth-order valence-electron chi connectivity index (χ4n) is 1.67. The zero-order valence-electron chi connectivity index (χ0n) is 11.9. The van der Waals surface area contributed by atoms with E-state index >= 15 is 0 Å². The molecule has 0 radical (unpaired) electrons. The van der Waals surface area contributed by atoms with Crippen LogP contribution < -0.4 is 4.74 Å². The third-order valence-electron chi connectivity index (χ3n) is 2.90. The Morgan fingerprint density at radius 1 is 1.40 bits per heavy atom. The topological polar surface area (TPSA) is 59.4 Å². The van der Waals surface area contributed by atoms with Crippen molar-refractivity contribution in [1.29, 1.82) is 0 Å². The van der Waals surface area contributed by atoms with Crippen LogP contribution in [0.15, 0.2) is 6.07 Å². The largest absolute Gasteiger partial charge is 0.485 e. The number of ether oxygens (including phenoxy) is 1. The van der Waals surface area contributed by atoms with Gasteiger partial charge < -0.3 is 9.84 Å². The Morgan fingerprint density at radius 2 is 2.10 bits per heavy atom. The van der Waals surface area contributed by atoms with Gasteiger partial charge in [-0.05, 0) is 25.8 Å². The van der Waals surface area contributed by atoms with Crippen LogP contribution in [-0.4, -0.2) is 16.1 Å². The van der Waals surface area contributed by atoms with Gasteiger partial charge in [-0.15, -0.1) is 22.7 Å². The molecule has 0 fully saturated rings. The molecule has 2 aromatic heterocycles. The highest BCUT2D eigenvalue weighted by molar-refractivity contribution is 7.14. The second-order valence-electron chi connectivity index (χ2n) is 4.84. The molecular formula is C14H17NO3S2. The molecule has 0 aliphatic rings. The number of thiophene rings is 1. The molecule has 108 valence electrons. The Hall–Kier alpha value is -1.40. The molecule has 0 bridgehead atoms. The molecule has 0 saturated carbocycles. The van der Waals surface area contributed by atoms with Crippen molar-refractivity contribution in [3.05, 3.63) is 31.4 Å². The number of hydrogen-bond donors (Lipinski definition) is 1. The predicted octanol–water partition coefficient (Wildman–Crippen LogP) is 4.22. The van der Waals surface area contributed by atoms with Crippen LogP contribution in [0, 0.1) is 13.8 Å². The zero-order valence-corrected chi connectivity index (χ0v) is 13.5. The normalized spacial score (nSPS) is 11.1. The third-order valence-corrected chi connectivity index (χ3v) is 5.36. The summed E-state index contributed by atoms with van der Waals surface area (Å²) in [6.45, 7) is 8.36. The van der Waals surface area contributed by atoms with Gasteiger partial charge in [0.25, 0.3) is 0 Å². The van der Waals surface area contributed by atoms with Gasteiger partial charge in [-0.2, -0.15) is 0 Å². The Labute approximate surface area is 126 Å². The van der Waals surface area contributed by atoms with Crippen LogP contribution in [0.25, 0.3) is 0 Å². The highest BCUT2D eigenvalue weighted by Crippen LogP contribution is 2.34. The van der Waals surface area contributed by atoms with Crippen molar-refractivity contribution in [2.24, 2.45) is 0 Å². The number of hydrogen-bond acceptors (Lipinski definition) is 5. The van der Waals surface area contributed by atoms with Crippen molar-refractivity contribution in [2.75, 3.05) is 0 Å². The summed E-state index contributed by atoms with van der Waals surface area (Å²) < 4.78 is 5.66. The lowest BCUT2D eigenvalue weighted by atomic mass is 10.2. The molecule has 0 aliphatic heterocycles. The van der Waals surface area contributed by atoms with Gasteiger partial charge in [0.15, 0.2) is 4.88 Å². The van der Waals surface area contributed by atoms with Gasteiger partial charge >= 0.3 is 5.97 Å². The molecule has 4 nitrogen and oxygen atoms in total. The number of aryl methyl sites for hydroxylation is 2. The zero-order chi connectivity index (χ0) is 14.9. The molecule has 0 atom stereocenters. The summed E-state index contributed by atoms with van der Waals surface area (Å²) >= 11 is 2.86. The maximum atomic E-state index is 11.2. The van der Waals surface area contributed by atoms with E-state index in [1.54, 1.807) is 11.3 Å². The Balaban J connectivity index is 2.17. The lowest BCUT2D eigenvalue weighted by molar-refractivity contribution is 0.0697. The van der Waals surface area contributed by atoms with Gasteiger partial charge in [0.1, 0.15) is 17.4 Å². The molecule has 0 aromatic carbocycles. The summed E-state index contributed by atoms with van der Waals surface area (Å²) in [5.74, 6) is -0.208. The van der Waals surface area contributed by atoms with E-state index in [0.717, 1.165) is 20.5 Å². The van der Waals surface area contributed by atoms with Crippen LogP contribution in [0.3, 0.4) is 0 Å². The van der Waals surface area contributed by atoms with E-state index in [2.05, 4.69) is 4.98 Å². The first kappa shape index (κ1) is 15.0. The summed E-state index contributed by atoms with van der Waals surface area (Å²) in [6, 6.07) is 1.83. The maximum Gasteiger partial charge on any atom is 0.349 e. The molecule has 2 rings (SSSR count). The summed E-state index contributed by atoms with van der Waals surface area (Å²) in [4.78, 5) is 18.1. The number of carboxylic acid groups (broad SMARTS) is 1. The van der Waals surface area contributed by atoms with Crippen LogP contribution in [-0.2, 0) is 6.61 Å². The van der Waals surface area contributed by atoms with Crippen molar-refractivity contribution >= 4 is 28.6 Å². The summed E-state index contributed by atoms with van der Waals surface area (Å²) in [6.07, 6.45) is 0. The Kier molecular flexibility index (Phi) is 4.45. The van der Waals surface area contributed by atoms with Crippen LogP contribution >= 0.6 is 22.7 Å². The minimum atomic E-state index is -0.941. The molecule has 0 unspecified atom stereocenters. The average molecular weight is 311 g/mol. The second kappa shape index (κ2) is 5.93. The number of thiazole rings is 1. The number of aromatic nitrogens is 1. The second-order valence-corrected chi connectivity index (χ2v) is 7.21. The molecule has 0 amide bonds. The Morgan fingerprint density at radius 3 is 2.60 bits per heavy atom. The van der Waals surface area contributed by atoms with Crippen LogP contribution in [0.1, 0.15) is 49.9 Å². The van der Waals surface area contributed by atoms with Crippen LogP contribution in [0.2, 0.25) is 0 Å². The third kappa shape index (κ3) is 3.19. The smallest absolute Gasteiger partial charge is 0.349 e. The van der Waals surface area contributed by atoms with Crippen molar-refractivity contribution < 1.29 is 14.6 Å². The van der Waals surface area contributed by atoms with Crippen LogP contribution in [0.4, 0.5) is 0 Å². The van der Waals surface area contributed by atoms with Crippen molar-refractivity contribution in [2.45, 2.75) is 40.2 Å². The van der Waals surface area contributed by atoms with E-state index in [1.807, 2.05) is 33.8 Å². The van der Waals surface area contributed by atoms with Crippen molar-refractivity contribution in [3.8, 4) is 5.75 Å². The number of carbonyl (C=O) groups is 1. The summed E-state index contributed by atoms with van der Waals surface area (Å²) in [7, 11) is 0. The van der Waals surface area contributed by atoms with Gasteiger partial charge in [0.2, 0.25) is 0 Å². The first-order valence-electron chi connectivity index (χ1n) is 6.31. The van der Waals surface area contributed by atoms with E-state index in [0.29, 0.717) is 18.3 Å². The van der Waals surface area contributed by atoms with E-state index in [-0.39, 0.29) is 4.88 Å². The summed E-state index contributed by atoms with van der Waals surface area (Å²) in [5.41, 5.74) is 1.00. The van der Waals surface area contributed by atoms with Crippen LogP contribution in [0.5, 0.6) is 5.75 Å². The first-order valence-corrected chi connectivity index (χ1v) is 7.94. The predicted molar refractivity (Wildman–Crippen MR) is 81.3 cm³/mol. The standard InChI is InChI=1S/C14H17NO3S2/c1-7(2)11-5-10(13(20-11)14(16)17)18-6-12-15-8(3)9(4)19-12/h5,7H,6H2,1-4H3,(H,16,17). The van der Waals surface area contributed by atoms with Gasteiger partial charge in [-0.1, -0.05) is 13.8 Å². The van der Waals surface area contributed by atoms with Gasteiger partial charge in [0, 0.05) is 9.75 Å². The van der Waals surface area contributed by atoms with Gasteiger partial charge in [-0.25, -0.2) is 9.78 Å². The van der Waals surface area contributed by atoms with E-state index in [9.17, 15) is 9.90 Å². The minimum absolute atomic E-state index is 0.263. The molecule has 2 heterocycles.